The molecule has 4 nitrogen and oxygen atoms in total. The lowest BCUT2D eigenvalue weighted by Crippen LogP contribution is -2.46. The summed E-state index contributed by atoms with van der Waals surface area (Å²) in [7, 11) is 0. The van der Waals surface area contributed by atoms with Crippen molar-refractivity contribution < 1.29 is 0 Å². The first-order chi connectivity index (χ1) is 8.90. The smallest absolute Gasteiger partial charge is 0.225 e. The van der Waals surface area contributed by atoms with Gasteiger partial charge in [0.2, 0.25) is 5.95 Å². The molecular formula is C14H24N4. The van der Waals surface area contributed by atoms with Gasteiger partial charge < -0.3 is 10.2 Å². The van der Waals surface area contributed by atoms with Crippen LogP contribution in [0.25, 0.3) is 0 Å². The van der Waals surface area contributed by atoms with Gasteiger partial charge in [-0.1, -0.05) is 19.8 Å². The Hall–Kier alpha value is -1.16. The van der Waals surface area contributed by atoms with Crippen molar-refractivity contribution >= 4 is 5.95 Å². The normalized spacial score (nSPS) is 20.1. The van der Waals surface area contributed by atoms with Crippen LogP contribution in [-0.4, -0.2) is 35.6 Å². The van der Waals surface area contributed by atoms with Crippen LogP contribution in [0.2, 0.25) is 0 Å². The molecule has 0 aliphatic carbocycles. The van der Waals surface area contributed by atoms with Gasteiger partial charge >= 0.3 is 0 Å². The molecule has 0 bridgehead atoms. The van der Waals surface area contributed by atoms with Crippen molar-refractivity contribution in [3.05, 3.63) is 18.5 Å². The third-order valence-corrected chi connectivity index (χ3v) is 3.47. The molecule has 1 N–H and O–H groups in total. The van der Waals surface area contributed by atoms with E-state index in [0.29, 0.717) is 6.04 Å². The molecule has 0 spiro atoms. The van der Waals surface area contributed by atoms with Crippen LogP contribution < -0.4 is 10.2 Å². The average Bonchev–Trinajstić information content (AvgIpc) is 2.45. The molecule has 1 aromatic rings. The first-order valence-corrected chi connectivity index (χ1v) is 7.15. The summed E-state index contributed by atoms with van der Waals surface area (Å²) in [5, 5.41) is 3.66. The van der Waals surface area contributed by atoms with Crippen LogP contribution >= 0.6 is 0 Å². The Morgan fingerprint density at radius 3 is 2.94 bits per heavy atom. The molecule has 18 heavy (non-hydrogen) atoms. The molecule has 1 aliphatic rings. The summed E-state index contributed by atoms with van der Waals surface area (Å²) < 4.78 is 0. The summed E-state index contributed by atoms with van der Waals surface area (Å²) in [5.41, 5.74) is 0. The van der Waals surface area contributed by atoms with Crippen molar-refractivity contribution in [2.45, 2.75) is 45.1 Å². The second-order valence-corrected chi connectivity index (χ2v) is 5.00. The average molecular weight is 248 g/mol. The van der Waals surface area contributed by atoms with Gasteiger partial charge in [0.25, 0.3) is 0 Å². The van der Waals surface area contributed by atoms with Crippen LogP contribution in [0.3, 0.4) is 0 Å². The second kappa shape index (κ2) is 7.31. The summed E-state index contributed by atoms with van der Waals surface area (Å²) >= 11 is 0. The monoisotopic (exact) mass is 248 g/mol. The summed E-state index contributed by atoms with van der Waals surface area (Å²) in [5.74, 6) is 0.873. The molecule has 1 saturated heterocycles. The number of nitrogens with zero attached hydrogens (tertiary/aromatic N) is 3. The van der Waals surface area contributed by atoms with Crippen molar-refractivity contribution in [3.8, 4) is 0 Å². The highest BCUT2D eigenvalue weighted by Gasteiger charge is 2.20. The lowest BCUT2D eigenvalue weighted by Gasteiger charge is -2.33. The van der Waals surface area contributed by atoms with Gasteiger partial charge in [-0.2, -0.15) is 0 Å². The Morgan fingerprint density at radius 1 is 1.33 bits per heavy atom. The zero-order valence-electron chi connectivity index (χ0n) is 11.3. The third-order valence-electron chi connectivity index (χ3n) is 3.47. The molecule has 0 aromatic carbocycles. The molecule has 1 fully saturated rings. The molecule has 0 radical (unpaired) electrons. The fraction of sp³-hybridized carbons (Fsp3) is 0.714. The maximum absolute atomic E-state index is 4.33. The highest BCUT2D eigenvalue weighted by atomic mass is 15.3. The van der Waals surface area contributed by atoms with Crippen molar-refractivity contribution in [2.24, 2.45) is 0 Å². The summed E-state index contributed by atoms with van der Waals surface area (Å²) in [6, 6.07) is 2.47. The topological polar surface area (TPSA) is 41.0 Å². The SMILES string of the molecule is CCCCCNC1CCCN(c2ncccn2)C1. The van der Waals surface area contributed by atoms with E-state index in [1.54, 1.807) is 0 Å². The third kappa shape index (κ3) is 3.95. The van der Waals surface area contributed by atoms with E-state index in [-0.39, 0.29) is 0 Å². The molecule has 1 aliphatic heterocycles. The fourth-order valence-electron chi connectivity index (χ4n) is 2.46. The Balaban J connectivity index is 1.78. The largest absolute Gasteiger partial charge is 0.339 e. The highest BCUT2D eigenvalue weighted by molar-refractivity contribution is 5.29. The first-order valence-electron chi connectivity index (χ1n) is 7.15. The van der Waals surface area contributed by atoms with E-state index >= 15 is 0 Å². The van der Waals surface area contributed by atoms with Crippen LogP contribution in [-0.2, 0) is 0 Å². The molecule has 1 aromatic heterocycles. The lowest BCUT2D eigenvalue weighted by atomic mass is 10.1. The molecule has 2 rings (SSSR count). The minimum Gasteiger partial charge on any atom is -0.339 e. The van der Waals surface area contributed by atoms with Crippen LogP contribution in [0.15, 0.2) is 18.5 Å². The zero-order chi connectivity index (χ0) is 12.6. The number of piperidine rings is 1. The van der Waals surface area contributed by atoms with Crippen LogP contribution in [0.5, 0.6) is 0 Å². The van der Waals surface area contributed by atoms with Crippen molar-refractivity contribution in [1.82, 2.24) is 15.3 Å². The van der Waals surface area contributed by atoms with E-state index in [1.165, 1.54) is 32.1 Å². The van der Waals surface area contributed by atoms with Crippen molar-refractivity contribution in [2.75, 3.05) is 24.5 Å². The van der Waals surface area contributed by atoms with E-state index in [4.69, 9.17) is 0 Å². The summed E-state index contributed by atoms with van der Waals surface area (Å²) in [6.45, 7) is 5.50. The van der Waals surface area contributed by atoms with E-state index < -0.39 is 0 Å². The number of hydrogen-bond donors (Lipinski definition) is 1. The van der Waals surface area contributed by atoms with Gasteiger partial charge in [-0.3, -0.25) is 0 Å². The van der Waals surface area contributed by atoms with Crippen LogP contribution in [0, 0.1) is 0 Å². The highest BCUT2D eigenvalue weighted by Crippen LogP contribution is 2.15. The van der Waals surface area contributed by atoms with Gasteiger partial charge in [0.05, 0.1) is 0 Å². The minimum atomic E-state index is 0.597. The van der Waals surface area contributed by atoms with Gasteiger partial charge in [0, 0.05) is 31.5 Å². The second-order valence-electron chi connectivity index (χ2n) is 5.00. The molecule has 1 atom stereocenters. The van der Waals surface area contributed by atoms with Gasteiger partial charge in [-0.05, 0) is 31.9 Å². The standard InChI is InChI=1S/C14H24N4/c1-2-3-4-8-15-13-7-5-11-18(12-13)14-16-9-6-10-17-14/h6,9-10,13,15H,2-5,7-8,11-12H2,1H3. The Kier molecular flexibility index (Phi) is 5.39. The number of unbranched alkanes of at least 4 members (excludes halogenated alkanes) is 2. The summed E-state index contributed by atoms with van der Waals surface area (Å²) in [6.07, 6.45) is 10.0. The Bertz CT molecular complexity index is 328. The maximum Gasteiger partial charge on any atom is 0.225 e. The first kappa shape index (κ1) is 13.3. The van der Waals surface area contributed by atoms with E-state index in [2.05, 4.69) is 27.1 Å². The predicted molar refractivity (Wildman–Crippen MR) is 74.8 cm³/mol. The molecule has 4 heteroatoms. The van der Waals surface area contributed by atoms with Gasteiger partial charge in [0.15, 0.2) is 0 Å². The van der Waals surface area contributed by atoms with Crippen molar-refractivity contribution in [1.29, 1.82) is 0 Å². The van der Waals surface area contributed by atoms with E-state index in [0.717, 1.165) is 25.6 Å². The molecule has 100 valence electrons. The molecule has 2 heterocycles. The molecule has 1 unspecified atom stereocenters. The number of hydrogen-bond acceptors (Lipinski definition) is 4. The maximum atomic E-state index is 4.33. The quantitative estimate of drug-likeness (QED) is 0.784. The van der Waals surface area contributed by atoms with E-state index in [9.17, 15) is 0 Å². The number of rotatable bonds is 6. The summed E-state index contributed by atoms with van der Waals surface area (Å²) in [4.78, 5) is 11.0. The van der Waals surface area contributed by atoms with Gasteiger partial charge in [0.1, 0.15) is 0 Å². The zero-order valence-corrected chi connectivity index (χ0v) is 11.3. The van der Waals surface area contributed by atoms with Gasteiger partial charge in [-0.15, -0.1) is 0 Å². The molecule has 0 amide bonds. The Labute approximate surface area is 110 Å². The van der Waals surface area contributed by atoms with Crippen molar-refractivity contribution in [3.63, 3.8) is 0 Å². The number of aromatic nitrogens is 2. The molecule has 0 saturated carbocycles. The fourth-order valence-corrected chi connectivity index (χ4v) is 2.46. The van der Waals surface area contributed by atoms with E-state index in [1.807, 2.05) is 18.5 Å². The minimum absolute atomic E-state index is 0.597. The number of nitrogens with one attached hydrogen (secondary N) is 1. The Morgan fingerprint density at radius 2 is 2.17 bits per heavy atom. The molecular weight excluding hydrogens is 224 g/mol. The predicted octanol–water partition coefficient (Wildman–Crippen LogP) is 2.23. The van der Waals surface area contributed by atoms with Crippen LogP contribution in [0.4, 0.5) is 5.95 Å². The lowest BCUT2D eigenvalue weighted by molar-refractivity contribution is 0.414. The number of anilines is 1. The van der Waals surface area contributed by atoms with Crippen LogP contribution in [0.1, 0.15) is 39.0 Å². The van der Waals surface area contributed by atoms with Gasteiger partial charge in [-0.25, -0.2) is 9.97 Å².